The van der Waals surface area contributed by atoms with Gasteiger partial charge in [0, 0.05) is 23.2 Å². The van der Waals surface area contributed by atoms with Crippen molar-refractivity contribution in [2.45, 2.75) is 6.54 Å². The van der Waals surface area contributed by atoms with Crippen molar-refractivity contribution < 1.29 is 9.32 Å². The van der Waals surface area contributed by atoms with Crippen LogP contribution in [0.2, 0.25) is 5.02 Å². The lowest BCUT2D eigenvalue weighted by Gasteiger charge is -2.04. The first-order valence-corrected chi connectivity index (χ1v) is 7.15. The molecule has 1 heterocycles. The van der Waals surface area contributed by atoms with Crippen molar-refractivity contribution in [3.63, 3.8) is 0 Å². The van der Waals surface area contributed by atoms with Gasteiger partial charge in [0.2, 0.25) is 5.76 Å². The van der Waals surface area contributed by atoms with Crippen LogP contribution in [-0.2, 0) is 6.54 Å². The van der Waals surface area contributed by atoms with Gasteiger partial charge in [0.1, 0.15) is 5.69 Å². The van der Waals surface area contributed by atoms with Crippen LogP contribution in [0.1, 0.15) is 16.1 Å². The molecule has 4 nitrogen and oxygen atoms in total. The summed E-state index contributed by atoms with van der Waals surface area (Å²) in [6, 6.07) is 18.5. The van der Waals surface area contributed by atoms with Crippen LogP contribution in [0.5, 0.6) is 0 Å². The van der Waals surface area contributed by atoms with Gasteiger partial charge >= 0.3 is 0 Å². The number of carbonyl (C=O) groups excluding carboxylic acids is 1. The fourth-order valence-corrected chi connectivity index (χ4v) is 2.23. The zero-order valence-corrected chi connectivity index (χ0v) is 12.4. The second-order valence-electron chi connectivity index (χ2n) is 4.72. The summed E-state index contributed by atoms with van der Waals surface area (Å²) >= 11 is 6.05. The number of nitrogens with one attached hydrogen (secondary N) is 1. The summed E-state index contributed by atoms with van der Waals surface area (Å²) in [7, 11) is 0. The van der Waals surface area contributed by atoms with Gasteiger partial charge in [-0.3, -0.25) is 4.79 Å². The molecule has 0 atom stereocenters. The molecular formula is C17H13ClN2O2. The fraction of sp³-hybridized carbons (Fsp3) is 0.0588. The SMILES string of the molecule is O=C(NCc1ccccc1Cl)c1cc(-c2ccccc2)no1. The van der Waals surface area contributed by atoms with E-state index in [0.29, 0.717) is 17.3 Å². The van der Waals surface area contributed by atoms with Gasteiger partial charge in [-0.25, -0.2) is 0 Å². The maximum atomic E-state index is 12.1. The van der Waals surface area contributed by atoms with Crippen LogP contribution in [0.25, 0.3) is 11.3 Å². The van der Waals surface area contributed by atoms with Gasteiger partial charge in [0.05, 0.1) is 0 Å². The molecular weight excluding hydrogens is 300 g/mol. The van der Waals surface area contributed by atoms with Crippen LogP contribution < -0.4 is 5.32 Å². The molecule has 0 spiro atoms. The molecule has 2 aromatic carbocycles. The average Bonchev–Trinajstić information content (AvgIpc) is 3.05. The molecule has 110 valence electrons. The molecule has 3 aromatic rings. The molecule has 0 radical (unpaired) electrons. The van der Waals surface area contributed by atoms with Gasteiger partial charge in [0.15, 0.2) is 0 Å². The molecule has 0 saturated heterocycles. The second-order valence-corrected chi connectivity index (χ2v) is 5.12. The normalized spacial score (nSPS) is 10.4. The Balaban J connectivity index is 1.69. The zero-order valence-electron chi connectivity index (χ0n) is 11.6. The van der Waals surface area contributed by atoms with E-state index in [1.807, 2.05) is 48.5 Å². The Morgan fingerprint density at radius 3 is 2.59 bits per heavy atom. The highest BCUT2D eigenvalue weighted by Gasteiger charge is 2.14. The summed E-state index contributed by atoms with van der Waals surface area (Å²) in [4.78, 5) is 12.1. The number of benzene rings is 2. The predicted octanol–water partition coefficient (Wildman–Crippen LogP) is 3.93. The van der Waals surface area contributed by atoms with Crippen molar-refractivity contribution in [2.24, 2.45) is 0 Å². The molecule has 0 fully saturated rings. The summed E-state index contributed by atoms with van der Waals surface area (Å²) in [5, 5.41) is 7.30. The van der Waals surface area contributed by atoms with E-state index in [-0.39, 0.29) is 11.7 Å². The summed E-state index contributed by atoms with van der Waals surface area (Å²) in [6.45, 7) is 0.333. The molecule has 5 heteroatoms. The van der Waals surface area contributed by atoms with Gasteiger partial charge in [-0.1, -0.05) is 65.3 Å². The summed E-state index contributed by atoms with van der Waals surface area (Å²) in [6.07, 6.45) is 0. The maximum Gasteiger partial charge on any atom is 0.290 e. The van der Waals surface area contributed by atoms with Gasteiger partial charge in [-0.05, 0) is 11.6 Å². The van der Waals surface area contributed by atoms with Crippen molar-refractivity contribution in [2.75, 3.05) is 0 Å². The highest BCUT2D eigenvalue weighted by Crippen LogP contribution is 2.19. The molecule has 1 N–H and O–H groups in total. The molecule has 0 saturated carbocycles. The molecule has 1 aromatic heterocycles. The Hall–Kier alpha value is -2.59. The Morgan fingerprint density at radius 1 is 1.09 bits per heavy atom. The van der Waals surface area contributed by atoms with E-state index in [0.717, 1.165) is 11.1 Å². The molecule has 0 unspecified atom stereocenters. The quantitative estimate of drug-likeness (QED) is 0.794. The smallest absolute Gasteiger partial charge is 0.290 e. The molecule has 22 heavy (non-hydrogen) atoms. The third kappa shape index (κ3) is 3.18. The fourth-order valence-electron chi connectivity index (χ4n) is 2.03. The van der Waals surface area contributed by atoms with E-state index in [1.54, 1.807) is 12.1 Å². The third-order valence-electron chi connectivity index (χ3n) is 3.20. The van der Waals surface area contributed by atoms with Gasteiger partial charge in [-0.2, -0.15) is 0 Å². The number of hydrogen-bond acceptors (Lipinski definition) is 3. The molecule has 3 rings (SSSR count). The van der Waals surface area contributed by atoms with Crippen LogP contribution in [-0.4, -0.2) is 11.1 Å². The lowest BCUT2D eigenvalue weighted by molar-refractivity contribution is 0.0914. The molecule has 0 aliphatic rings. The first-order valence-electron chi connectivity index (χ1n) is 6.78. The van der Waals surface area contributed by atoms with Gasteiger partial charge in [0.25, 0.3) is 5.91 Å². The van der Waals surface area contributed by atoms with Crippen LogP contribution in [0.3, 0.4) is 0 Å². The van der Waals surface area contributed by atoms with Crippen LogP contribution in [0.4, 0.5) is 0 Å². The number of halogens is 1. The number of amides is 1. The summed E-state index contributed by atoms with van der Waals surface area (Å²) in [5.41, 5.74) is 2.38. The number of aromatic nitrogens is 1. The van der Waals surface area contributed by atoms with Crippen molar-refractivity contribution in [3.8, 4) is 11.3 Å². The van der Waals surface area contributed by atoms with Crippen LogP contribution >= 0.6 is 11.6 Å². The molecule has 1 amide bonds. The highest BCUT2D eigenvalue weighted by atomic mass is 35.5. The standard InChI is InChI=1S/C17H13ClN2O2/c18-14-9-5-4-8-13(14)11-19-17(21)16-10-15(20-22-16)12-6-2-1-3-7-12/h1-10H,11H2,(H,19,21). The minimum atomic E-state index is -0.324. The summed E-state index contributed by atoms with van der Waals surface area (Å²) < 4.78 is 5.10. The average molecular weight is 313 g/mol. The zero-order chi connectivity index (χ0) is 15.4. The Kier molecular flexibility index (Phi) is 4.21. The molecule has 0 aliphatic carbocycles. The minimum absolute atomic E-state index is 0.172. The topological polar surface area (TPSA) is 55.1 Å². The first kappa shape index (κ1) is 14.4. The second kappa shape index (κ2) is 6.45. The number of rotatable bonds is 4. The number of nitrogens with zero attached hydrogens (tertiary/aromatic N) is 1. The van der Waals surface area contributed by atoms with Gasteiger partial charge < -0.3 is 9.84 Å². The van der Waals surface area contributed by atoms with E-state index in [1.165, 1.54) is 0 Å². The largest absolute Gasteiger partial charge is 0.350 e. The van der Waals surface area contributed by atoms with Gasteiger partial charge in [-0.15, -0.1) is 0 Å². The first-order chi connectivity index (χ1) is 10.7. The minimum Gasteiger partial charge on any atom is -0.350 e. The monoisotopic (exact) mass is 312 g/mol. The lowest BCUT2D eigenvalue weighted by Crippen LogP contribution is -2.22. The Bertz CT molecular complexity index is 784. The molecule has 0 bridgehead atoms. The lowest BCUT2D eigenvalue weighted by atomic mass is 10.1. The number of hydrogen-bond donors (Lipinski definition) is 1. The van der Waals surface area contributed by atoms with E-state index in [9.17, 15) is 4.79 Å². The third-order valence-corrected chi connectivity index (χ3v) is 3.57. The van der Waals surface area contributed by atoms with E-state index >= 15 is 0 Å². The predicted molar refractivity (Wildman–Crippen MR) is 84.6 cm³/mol. The Morgan fingerprint density at radius 2 is 1.82 bits per heavy atom. The number of carbonyl (C=O) groups is 1. The maximum absolute atomic E-state index is 12.1. The van der Waals surface area contributed by atoms with Crippen molar-refractivity contribution in [1.82, 2.24) is 10.5 Å². The van der Waals surface area contributed by atoms with E-state index in [2.05, 4.69) is 10.5 Å². The summed E-state index contributed by atoms with van der Waals surface area (Å²) in [5.74, 6) is -0.152. The van der Waals surface area contributed by atoms with Crippen LogP contribution in [0, 0.1) is 0 Å². The van der Waals surface area contributed by atoms with Crippen molar-refractivity contribution in [3.05, 3.63) is 77.0 Å². The van der Waals surface area contributed by atoms with E-state index < -0.39 is 0 Å². The van der Waals surface area contributed by atoms with E-state index in [4.69, 9.17) is 16.1 Å². The van der Waals surface area contributed by atoms with Crippen molar-refractivity contribution >= 4 is 17.5 Å². The molecule has 0 aliphatic heterocycles. The highest BCUT2D eigenvalue weighted by molar-refractivity contribution is 6.31. The van der Waals surface area contributed by atoms with Crippen molar-refractivity contribution in [1.29, 1.82) is 0 Å². The van der Waals surface area contributed by atoms with Crippen LogP contribution in [0.15, 0.2) is 65.2 Å². The Labute approximate surface area is 132 Å².